The zero-order valence-electron chi connectivity index (χ0n) is 23.9. The summed E-state index contributed by atoms with van der Waals surface area (Å²) in [5.41, 5.74) is 9.49. The van der Waals surface area contributed by atoms with Gasteiger partial charge in [0.25, 0.3) is 0 Å². The molecule has 1 aromatic heterocycles. The Morgan fingerprint density at radius 2 is 1.92 bits per heavy atom. The van der Waals surface area contributed by atoms with Crippen molar-refractivity contribution in [2.45, 2.75) is 52.2 Å². The van der Waals surface area contributed by atoms with Crippen LogP contribution in [0.4, 0.5) is 11.6 Å². The highest BCUT2D eigenvalue weighted by molar-refractivity contribution is 5.78. The van der Waals surface area contributed by atoms with Crippen molar-refractivity contribution >= 4 is 17.5 Å². The Hall–Kier alpha value is -3.17. The number of likely N-dealkylation sites (N-methyl/N-ethyl adjacent to an activating group) is 1. The number of nitrogen functional groups attached to an aromatic ring is 1. The van der Waals surface area contributed by atoms with Crippen LogP contribution in [-0.4, -0.2) is 96.1 Å². The Kier molecular flexibility index (Phi) is 10.2. The minimum absolute atomic E-state index is 0.0253. The van der Waals surface area contributed by atoms with E-state index in [1.54, 1.807) is 0 Å². The topological polar surface area (TPSA) is 91.1 Å². The van der Waals surface area contributed by atoms with Crippen molar-refractivity contribution in [1.82, 2.24) is 24.7 Å². The molecule has 39 heavy (non-hydrogen) atoms. The third-order valence-electron chi connectivity index (χ3n) is 7.52. The number of rotatable bonds is 12. The number of amides is 1. The molecule has 4 rings (SSSR count). The van der Waals surface area contributed by atoms with Gasteiger partial charge in [-0.3, -0.25) is 9.69 Å². The van der Waals surface area contributed by atoms with Gasteiger partial charge in [0, 0.05) is 64.3 Å². The molecule has 2 aliphatic rings. The monoisotopic (exact) mass is 535 g/mol. The zero-order valence-corrected chi connectivity index (χ0v) is 23.9. The number of hydrogen-bond acceptors (Lipinski definition) is 8. The molecule has 2 N–H and O–H groups in total. The van der Waals surface area contributed by atoms with E-state index in [1.807, 2.05) is 30.0 Å². The highest BCUT2D eigenvalue weighted by atomic mass is 16.5. The van der Waals surface area contributed by atoms with Crippen molar-refractivity contribution in [3.8, 4) is 6.01 Å². The maximum Gasteiger partial charge on any atom is 0.320 e. The second-order valence-electron chi connectivity index (χ2n) is 11.0. The third-order valence-corrected chi connectivity index (χ3v) is 7.52. The van der Waals surface area contributed by atoms with E-state index >= 15 is 0 Å². The van der Waals surface area contributed by atoms with Crippen molar-refractivity contribution in [3.05, 3.63) is 53.6 Å². The van der Waals surface area contributed by atoms with E-state index in [2.05, 4.69) is 52.4 Å². The van der Waals surface area contributed by atoms with Gasteiger partial charge in [0.2, 0.25) is 5.91 Å². The molecule has 9 nitrogen and oxygen atoms in total. The van der Waals surface area contributed by atoms with Crippen molar-refractivity contribution < 1.29 is 9.53 Å². The van der Waals surface area contributed by atoms with E-state index in [9.17, 15) is 4.79 Å². The van der Waals surface area contributed by atoms with Crippen LogP contribution in [-0.2, 0) is 17.8 Å². The van der Waals surface area contributed by atoms with Gasteiger partial charge in [-0.1, -0.05) is 55.8 Å². The van der Waals surface area contributed by atoms with Gasteiger partial charge in [0.1, 0.15) is 11.6 Å². The predicted octanol–water partition coefficient (Wildman–Crippen LogP) is 3.21. The van der Waals surface area contributed by atoms with Gasteiger partial charge in [-0.2, -0.15) is 9.97 Å². The van der Waals surface area contributed by atoms with Crippen molar-refractivity contribution in [3.63, 3.8) is 0 Å². The largest absolute Gasteiger partial charge is 0.460 e. The summed E-state index contributed by atoms with van der Waals surface area (Å²) in [6.07, 6.45) is 3.46. The minimum atomic E-state index is 0.0253. The van der Waals surface area contributed by atoms with Crippen LogP contribution < -0.4 is 15.4 Å². The smallest absolute Gasteiger partial charge is 0.320 e. The molecule has 1 unspecified atom stereocenters. The molecule has 0 spiro atoms. The number of ether oxygens (including phenoxy) is 1. The van der Waals surface area contributed by atoms with Gasteiger partial charge >= 0.3 is 6.01 Å². The lowest BCUT2D eigenvalue weighted by Gasteiger charge is -2.34. The lowest BCUT2D eigenvalue weighted by atomic mass is 10.0. The molecule has 212 valence electrons. The first kappa shape index (κ1) is 28.8. The third kappa shape index (κ3) is 8.16. The first-order valence-electron chi connectivity index (χ1n) is 14.3. The van der Waals surface area contributed by atoms with Gasteiger partial charge in [-0.25, -0.2) is 0 Å². The van der Waals surface area contributed by atoms with Crippen LogP contribution in [0.1, 0.15) is 44.2 Å². The maximum absolute atomic E-state index is 13.5. The van der Waals surface area contributed by atoms with Crippen LogP contribution in [0.15, 0.2) is 42.5 Å². The Morgan fingerprint density at radius 1 is 1.18 bits per heavy atom. The molecular formula is C30H45N7O2. The van der Waals surface area contributed by atoms with Crippen molar-refractivity contribution in [2.75, 3.05) is 70.0 Å². The maximum atomic E-state index is 13.5. The Bertz CT molecular complexity index is 1100. The number of aromatic nitrogens is 2. The summed E-state index contributed by atoms with van der Waals surface area (Å²) < 4.78 is 5.98. The summed E-state index contributed by atoms with van der Waals surface area (Å²) in [5, 5.41) is 0. The second-order valence-corrected chi connectivity index (χ2v) is 11.0. The van der Waals surface area contributed by atoms with Gasteiger partial charge in [-0.05, 0) is 32.4 Å². The number of carbonyl (C=O) groups excluding carboxylic acids is 1. The number of piperazine rings is 1. The van der Waals surface area contributed by atoms with Crippen LogP contribution >= 0.6 is 0 Å². The predicted molar refractivity (Wildman–Crippen MR) is 157 cm³/mol. The summed E-state index contributed by atoms with van der Waals surface area (Å²) in [5.74, 6) is 1.46. The molecule has 1 saturated heterocycles. The molecule has 2 aromatic rings. The first-order valence-corrected chi connectivity index (χ1v) is 14.3. The normalized spacial score (nSPS) is 17.1. The number of carbonyl (C=O) groups is 1. The number of anilines is 2. The summed E-state index contributed by atoms with van der Waals surface area (Å²) in [6, 6.07) is 10.6. The van der Waals surface area contributed by atoms with Crippen LogP contribution in [0.2, 0.25) is 0 Å². The average Bonchev–Trinajstić information content (AvgIpc) is 2.90. The number of nitrogens with two attached hydrogens (primary N) is 1. The van der Waals surface area contributed by atoms with Gasteiger partial charge < -0.3 is 25.2 Å². The molecule has 0 bridgehead atoms. The molecule has 0 aliphatic carbocycles. The van der Waals surface area contributed by atoms with Crippen LogP contribution in [0.25, 0.3) is 0 Å². The fourth-order valence-corrected chi connectivity index (χ4v) is 5.28. The summed E-state index contributed by atoms with van der Waals surface area (Å²) >= 11 is 0. The molecule has 3 heterocycles. The van der Waals surface area contributed by atoms with Gasteiger partial charge in [-0.15, -0.1) is 0 Å². The van der Waals surface area contributed by atoms with E-state index in [0.717, 1.165) is 74.5 Å². The Labute approximate surface area is 233 Å². The molecule has 9 heteroatoms. The molecule has 1 atom stereocenters. The highest BCUT2D eigenvalue weighted by Gasteiger charge is 2.26. The number of benzene rings is 1. The summed E-state index contributed by atoms with van der Waals surface area (Å²) in [7, 11) is 2.13. The van der Waals surface area contributed by atoms with Crippen molar-refractivity contribution in [1.29, 1.82) is 0 Å². The molecule has 2 aliphatic heterocycles. The number of fused-ring (bicyclic) bond motifs is 1. The average molecular weight is 536 g/mol. The minimum Gasteiger partial charge on any atom is -0.460 e. The lowest BCUT2D eigenvalue weighted by Crippen LogP contribution is -2.49. The fourth-order valence-electron chi connectivity index (χ4n) is 5.28. The van der Waals surface area contributed by atoms with E-state index in [4.69, 9.17) is 15.5 Å². The van der Waals surface area contributed by atoms with E-state index in [0.29, 0.717) is 44.4 Å². The lowest BCUT2D eigenvalue weighted by molar-refractivity contribution is -0.133. The standard InChI is InChI=1S/C30H45N7O2/c1-5-10-24(3)39-30-32-28(31)26-19-23(2)20-37(29(26)33-30)14-9-13-36(21-25-11-7-6-8-12-25)27(38)22-35-17-15-34(4)16-18-35/h6-8,11-12,24H,2,5,9-10,13-22H2,1,3-4H3,(H2,31,32,33). The highest BCUT2D eigenvalue weighted by Crippen LogP contribution is 2.32. The Balaban J connectivity index is 1.43. The number of nitrogens with zero attached hydrogens (tertiary/aromatic N) is 6. The summed E-state index contributed by atoms with van der Waals surface area (Å²) in [6.45, 7) is 15.4. The number of hydrogen-bond donors (Lipinski definition) is 1. The second kappa shape index (κ2) is 13.8. The first-order chi connectivity index (χ1) is 18.8. The van der Waals surface area contributed by atoms with E-state index in [1.165, 1.54) is 0 Å². The Morgan fingerprint density at radius 3 is 2.64 bits per heavy atom. The van der Waals surface area contributed by atoms with Crippen molar-refractivity contribution in [2.24, 2.45) is 0 Å². The molecule has 0 saturated carbocycles. The SMILES string of the molecule is C=C1Cc2c(N)nc(OC(C)CCC)nc2N(CCCN(Cc2ccccc2)C(=O)CN2CCN(C)CC2)C1. The van der Waals surface area contributed by atoms with E-state index < -0.39 is 0 Å². The molecule has 1 amide bonds. The molecule has 0 radical (unpaired) electrons. The quantitative estimate of drug-likeness (QED) is 0.415. The summed E-state index contributed by atoms with van der Waals surface area (Å²) in [4.78, 5) is 31.5. The van der Waals surface area contributed by atoms with Crippen LogP contribution in [0.5, 0.6) is 6.01 Å². The fraction of sp³-hybridized carbons (Fsp3) is 0.567. The van der Waals surface area contributed by atoms with E-state index in [-0.39, 0.29) is 12.0 Å². The van der Waals surface area contributed by atoms with Gasteiger partial charge in [0.05, 0.1) is 12.6 Å². The molecule has 1 fully saturated rings. The molecular weight excluding hydrogens is 490 g/mol. The van der Waals surface area contributed by atoms with Gasteiger partial charge in [0.15, 0.2) is 0 Å². The van der Waals surface area contributed by atoms with Crippen LogP contribution in [0.3, 0.4) is 0 Å². The zero-order chi connectivity index (χ0) is 27.8. The van der Waals surface area contributed by atoms with Crippen LogP contribution in [0, 0.1) is 0 Å². The molecule has 1 aromatic carbocycles.